The quantitative estimate of drug-likeness (QED) is 0.499. The van der Waals surface area contributed by atoms with Crippen LogP contribution in [0.2, 0.25) is 5.28 Å². The largest absolute Gasteiger partial charge is 0.443 e. The fourth-order valence-corrected chi connectivity index (χ4v) is 2.06. The van der Waals surface area contributed by atoms with Crippen molar-refractivity contribution in [3.63, 3.8) is 0 Å². The van der Waals surface area contributed by atoms with E-state index in [0.29, 0.717) is 16.9 Å². The Morgan fingerprint density at radius 3 is 2.67 bits per heavy atom. The molecule has 8 heteroatoms. The lowest BCUT2D eigenvalue weighted by molar-refractivity contribution is 0.0598. The second-order valence-electron chi connectivity index (χ2n) is 5.96. The number of hydrogen-bond acceptors (Lipinski definition) is 6. The van der Waals surface area contributed by atoms with E-state index in [4.69, 9.17) is 27.5 Å². The maximum absolute atomic E-state index is 12.7. The van der Waals surface area contributed by atoms with Crippen molar-refractivity contribution in [1.82, 2.24) is 9.97 Å². The molecule has 1 heterocycles. The highest BCUT2D eigenvalue weighted by Gasteiger charge is 2.26. The highest BCUT2D eigenvalue weighted by atomic mass is 35.5. The maximum Gasteiger partial charge on any atom is 0.420 e. The van der Waals surface area contributed by atoms with Gasteiger partial charge in [0, 0.05) is 29.7 Å². The molecule has 3 N–H and O–H groups in total. The Labute approximate surface area is 144 Å². The number of ether oxygens (including phenoxy) is 1. The van der Waals surface area contributed by atoms with Gasteiger partial charge < -0.3 is 15.9 Å². The van der Waals surface area contributed by atoms with Crippen LogP contribution in [0.1, 0.15) is 26.3 Å². The monoisotopic (exact) mass is 347 g/mol. The number of hydrogen-bond donors (Lipinski definition) is 2. The Bertz CT molecular complexity index is 773. The van der Waals surface area contributed by atoms with Crippen LogP contribution in [0.5, 0.6) is 0 Å². The van der Waals surface area contributed by atoms with Gasteiger partial charge in [0.2, 0.25) is 5.28 Å². The van der Waals surface area contributed by atoms with Crippen LogP contribution in [0.25, 0.3) is 0 Å². The maximum atomic E-state index is 12.7. The van der Waals surface area contributed by atoms with E-state index in [1.54, 1.807) is 39.0 Å². The number of halogens is 1. The van der Waals surface area contributed by atoms with E-state index in [0.717, 1.165) is 6.21 Å². The second kappa shape index (κ2) is 6.84. The Morgan fingerprint density at radius 2 is 2.08 bits per heavy atom. The van der Waals surface area contributed by atoms with Gasteiger partial charge >= 0.3 is 6.09 Å². The average molecular weight is 348 g/mol. The fraction of sp³-hybridized carbons (Fsp3) is 0.250. The molecule has 1 aromatic carbocycles. The first kappa shape index (κ1) is 17.7. The van der Waals surface area contributed by atoms with Crippen LogP contribution < -0.4 is 10.6 Å². The highest BCUT2D eigenvalue weighted by Crippen LogP contribution is 2.29. The number of anilines is 3. The van der Waals surface area contributed by atoms with Crippen molar-refractivity contribution in [2.75, 3.05) is 10.6 Å². The van der Waals surface area contributed by atoms with E-state index >= 15 is 0 Å². The SMILES string of the molecule is CC(C)(C)OC(=O)N(c1ccc(N)c(C=N)c1)c1ccnc(Cl)n1. The Hall–Kier alpha value is -2.67. The summed E-state index contributed by atoms with van der Waals surface area (Å²) < 4.78 is 5.45. The summed E-state index contributed by atoms with van der Waals surface area (Å²) in [7, 11) is 0. The first-order valence-electron chi connectivity index (χ1n) is 7.13. The molecule has 0 bridgehead atoms. The van der Waals surface area contributed by atoms with Crippen molar-refractivity contribution in [2.45, 2.75) is 26.4 Å². The Kier molecular flexibility index (Phi) is 5.04. The van der Waals surface area contributed by atoms with Crippen molar-refractivity contribution in [3.8, 4) is 0 Å². The summed E-state index contributed by atoms with van der Waals surface area (Å²) in [5, 5.41) is 7.43. The van der Waals surface area contributed by atoms with Crippen LogP contribution >= 0.6 is 11.6 Å². The number of rotatable bonds is 3. The van der Waals surface area contributed by atoms with Crippen molar-refractivity contribution in [3.05, 3.63) is 41.3 Å². The smallest absolute Gasteiger partial charge is 0.420 e. The van der Waals surface area contributed by atoms with Gasteiger partial charge in [-0.15, -0.1) is 0 Å². The van der Waals surface area contributed by atoms with Gasteiger partial charge in [-0.3, -0.25) is 0 Å². The molecule has 126 valence electrons. The van der Waals surface area contributed by atoms with Gasteiger partial charge in [-0.05, 0) is 50.6 Å². The number of aromatic nitrogens is 2. The Balaban J connectivity index is 2.54. The number of nitrogens with zero attached hydrogens (tertiary/aromatic N) is 3. The minimum absolute atomic E-state index is 0.00350. The molecule has 0 aliphatic heterocycles. The molecule has 0 saturated heterocycles. The van der Waals surface area contributed by atoms with E-state index in [-0.39, 0.29) is 11.1 Å². The first-order valence-corrected chi connectivity index (χ1v) is 7.51. The van der Waals surface area contributed by atoms with Gasteiger partial charge in [-0.1, -0.05) is 0 Å². The van der Waals surface area contributed by atoms with Crippen molar-refractivity contribution in [1.29, 1.82) is 5.41 Å². The third-order valence-corrected chi connectivity index (χ3v) is 3.08. The lowest BCUT2D eigenvalue weighted by Gasteiger charge is -2.27. The predicted octanol–water partition coefficient (Wildman–Crippen LogP) is 3.78. The molecule has 7 nitrogen and oxygen atoms in total. The summed E-state index contributed by atoms with van der Waals surface area (Å²) in [6, 6.07) is 6.39. The zero-order valence-corrected chi connectivity index (χ0v) is 14.3. The molecular formula is C16H18ClN5O2. The number of benzene rings is 1. The van der Waals surface area contributed by atoms with E-state index < -0.39 is 11.7 Å². The van der Waals surface area contributed by atoms with Crippen LogP contribution in [-0.2, 0) is 4.74 Å². The number of amides is 1. The molecule has 2 rings (SSSR count). The first-order chi connectivity index (χ1) is 11.2. The fourth-order valence-electron chi connectivity index (χ4n) is 1.92. The summed E-state index contributed by atoms with van der Waals surface area (Å²) >= 11 is 5.84. The molecule has 24 heavy (non-hydrogen) atoms. The summed E-state index contributed by atoms with van der Waals surface area (Å²) in [5.41, 5.74) is 6.47. The number of nitrogen functional groups attached to an aromatic ring is 1. The molecule has 0 aliphatic rings. The lowest BCUT2D eigenvalue weighted by atomic mass is 10.1. The van der Waals surface area contributed by atoms with Gasteiger partial charge in [0.15, 0.2) is 0 Å². The predicted molar refractivity (Wildman–Crippen MR) is 94.2 cm³/mol. The van der Waals surface area contributed by atoms with E-state index in [1.807, 2.05) is 0 Å². The molecule has 1 aromatic heterocycles. The van der Waals surface area contributed by atoms with Gasteiger partial charge in [0.1, 0.15) is 11.4 Å². The average Bonchev–Trinajstić information content (AvgIpc) is 2.47. The molecular weight excluding hydrogens is 330 g/mol. The molecule has 0 atom stereocenters. The molecule has 0 unspecified atom stereocenters. The standard InChI is InChI=1S/C16H18ClN5O2/c1-16(2,3)24-15(23)22(13-6-7-20-14(17)21-13)11-4-5-12(19)10(8-11)9-18/h4-9,18H,19H2,1-3H3. The summed E-state index contributed by atoms with van der Waals surface area (Å²) in [5.74, 6) is 0.255. The van der Waals surface area contributed by atoms with Crippen molar-refractivity contribution >= 4 is 41.1 Å². The van der Waals surface area contributed by atoms with Crippen LogP contribution in [-0.4, -0.2) is 27.9 Å². The number of nitrogens with one attached hydrogen (secondary N) is 1. The van der Waals surface area contributed by atoms with E-state index in [1.165, 1.54) is 17.2 Å². The molecule has 0 aliphatic carbocycles. The second-order valence-corrected chi connectivity index (χ2v) is 6.30. The van der Waals surface area contributed by atoms with Gasteiger partial charge in [0.25, 0.3) is 0 Å². The number of carbonyl (C=O) groups is 1. The molecule has 0 saturated carbocycles. The highest BCUT2D eigenvalue weighted by molar-refractivity contribution is 6.28. The van der Waals surface area contributed by atoms with Crippen LogP contribution in [0.3, 0.4) is 0 Å². The zero-order chi connectivity index (χ0) is 17.9. The summed E-state index contributed by atoms with van der Waals surface area (Å²) in [6.07, 6.45) is 1.92. The number of carbonyl (C=O) groups excluding carboxylic acids is 1. The third kappa shape index (κ3) is 4.20. The summed E-state index contributed by atoms with van der Waals surface area (Å²) in [6.45, 7) is 5.30. The van der Waals surface area contributed by atoms with Crippen molar-refractivity contribution in [2.24, 2.45) is 0 Å². The van der Waals surface area contributed by atoms with Gasteiger partial charge in [0.05, 0.1) is 5.69 Å². The summed E-state index contributed by atoms with van der Waals surface area (Å²) in [4.78, 5) is 21.8. The van der Waals surface area contributed by atoms with Gasteiger partial charge in [-0.2, -0.15) is 4.98 Å². The van der Waals surface area contributed by atoms with Gasteiger partial charge in [-0.25, -0.2) is 14.7 Å². The topological polar surface area (TPSA) is 105 Å². The molecule has 0 fully saturated rings. The lowest BCUT2D eigenvalue weighted by Crippen LogP contribution is -2.34. The minimum atomic E-state index is -0.690. The zero-order valence-electron chi connectivity index (χ0n) is 13.6. The van der Waals surface area contributed by atoms with Crippen molar-refractivity contribution < 1.29 is 9.53 Å². The Morgan fingerprint density at radius 1 is 1.38 bits per heavy atom. The van der Waals surface area contributed by atoms with E-state index in [2.05, 4.69) is 9.97 Å². The van der Waals surface area contributed by atoms with E-state index in [9.17, 15) is 4.79 Å². The molecule has 0 spiro atoms. The van der Waals surface area contributed by atoms with Crippen LogP contribution in [0, 0.1) is 5.41 Å². The molecule has 1 amide bonds. The molecule has 2 aromatic rings. The van der Waals surface area contributed by atoms with Crippen LogP contribution in [0.15, 0.2) is 30.5 Å². The minimum Gasteiger partial charge on any atom is -0.443 e. The normalized spacial score (nSPS) is 11.0. The third-order valence-electron chi connectivity index (χ3n) is 2.90. The van der Waals surface area contributed by atoms with Crippen LogP contribution in [0.4, 0.5) is 22.0 Å². The number of nitrogens with two attached hydrogens (primary N) is 1. The molecule has 0 radical (unpaired) electrons.